The van der Waals surface area contributed by atoms with Crippen molar-refractivity contribution in [3.05, 3.63) is 81.7 Å². The number of carbonyl (C=O) groups is 1. The number of carbonyl (C=O) groups excluding carboxylic acids is 1. The van der Waals surface area contributed by atoms with Crippen LogP contribution in [0.5, 0.6) is 5.75 Å². The van der Waals surface area contributed by atoms with Gasteiger partial charge in [0.25, 0.3) is 5.91 Å². The fourth-order valence-electron chi connectivity index (χ4n) is 2.86. The Morgan fingerprint density at radius 3 is 2.69 bits per heavy atom. The Balaban J connectivity index is 1.75. The Morgan fingerprint density at radius 1 is 1.15 bits per heavy atom. The fourth-order valence-corrected chi connectivity index (χ4v) is 3.51. The van der Waals surface area contributed by atoms with Crippen molar-refractivity contribution in [2.75, 3.05) is 10.6 Å². The molecule has 0 unspecified atom stereocenters. The van der Waals surface area contributed by atoms with E-state index in [4.69, 9.17) is 10.5 Å². The molecule has 2 N–H and O–H groups in total. The average molecular weight is 362 g/mol. The Labute approximate surface area is 156 Å². The highest BCUT2D eigenvalue weighted by molar-refractivity contribution is 7.10. The summed E-state index contributed by atoms with van der Waals surface area (Å²) in [6.45, 7) is 2.50. The van der Waals surface area contributed by atoms with Crippen molar-refractivity contribution in [3.63, 3.8) is 0 Å². The number of anilines is 2. The molecule has 2 aromatic carbocycles. The molecule has 1 aromatic heterocycles. The minimum Gasteiger partial charge on any atom is -0.449 e. The van der Waals surface area contributed by atoms with Gasteiger partial charge in [0.05, 0.1) is 12.2 Å². The summed E-state index contributed by atoms with van der Waals surface area (Å²) in [5.41, 5.74) is 9.47. The molecule has 0 fully saturated rings. The van der Waals surface area contributed by atoms with Crippen LogP contribution in [0.15, 0.2) is 65.7 Å². The summed E-state index contributed by atoms with van der Waals surface area (Å²) in [5, 5.41) is 1.97. The summed E-state index contributed by atoms with van der Waals surface area (Å²) >= 11 is 1.56. The first kappa shape index (κ1) is 16.4. The summed E-state index contributed by atoms with van der Waals surface area (Å²) in [4.78, 5) is 15.8. The predicted molar refractivity (Wildman–Crippen MR) is 106 cm³/mol. The van der Waals surface area contributed by atoms with Crippen molar-refractivity contribution in [1.82, 2.24) is 0 Å². The molecule has 5 heteroatoms. The fraction of sp³-hybridized carbons (Fsp3) is 0.0952. The van der Waals surface area contributed by atoms with Crippen molar-refractivity contribution in [2.45, 2.75) is 13.5 Å². The molecular weight excluding hydrogens is 344 g/mol. The van der Waals surface area contributed by atoms with Crippen LogP contribution in [0.4, 0.5) is 11.4 Å². The van der Waals surface area contributed by atoms with E-state index < -0.39 is 0 Å². The van der Waals surface area contributed by atoms with Crippen molar-refractivity contribution in [3.8, 4) is 5.75 Å². The second kappa shape index (κ2) is 6.69. The van der Waals surface area contributed by atoms with E-state index in [9.17, 15) is 4.79 Å². The maximum absolute atomic E-state index is 13.1. The smallest absolute Gasteiger partial charge is 0.294 e. The molecule has 26 heavy (non-hydrogen) atoms. The standard InChI is InChI=1S/C21H18N2O2S/c1-14-4-6-15(7-5-14)13-23-18-11-16(22)8-9-19(18)25-20(21(23)24)12-17-3-2-10-26-17/h2-12H,13,22H2,1H3/b20-12+. The molecule has 130 valence electrons. The first-order valence-corrected chi connectivity index (χ1v) is 9.18. The number of aryl methyl sites for hydroxylation is 1. The number of nitrogen functional groups attached to an aromatic ring is 1. The minimum atomic E-state index is -0.169. The summed E-state index contributed by atoms with van der Waals surface area (Å²) in [7, 11) is 0. The topological polar surface area (TPSA) is 55.6 Å². The molecular formula is C21H18N2O2S. The molecule has 4 nitrogen and oxygen atoms in total. The van der Waals surface area contributed by atoms with Crippen LogP contribution in [0, 0.1) is 6.92 Å². The van der Waals surface area contributed by atoms with Crippen LogP contribution in [-0.4, -0.2) is 5.91 Å². The number of thiophene rings is 1. The molecule has 0 atom stereocenters. The zero-order valence-corrected chi connectivity index (χ0v) is 15.1. The quantitative estimate of drug-likeness (QED) is 0.547. The van der Waals surface area contributed by atoms with Gasteiger partial charge in [-0.2, -0.15) is 0 Å². The number of ether oxygens (including phenoxy) is 1. The Bertz CT molecular complexity index is 976. The van der Waals surface area contributed by atoms with Crippen LogP contribution in [0.2, 0.25) is 0 Å². The average Bonchev–Trinajstić information content (AvgIpc) is 3.14. The second-order valence-electron chi connectivity index (χ2n) is 6.23. The number of benzene rings is 2. The summed E-state index contributed by atoms with van der Waals surface area (Å²) in [5.74, 6) is 0.780. The molecule has 1 aliphatic rings. The van der Waals surface area contributed by atoms with E-state index in [2.05, 4.69) is 0 Å². The molecule has 0 saturated heterocycles. The van der Waals surface area contributed by atoms with Gasteiger partial charge >= 0.3 is 0 Å². The number of nitrogens with zero attached hydrogens (tertiary/aromatic N) is 1. The third-order valence-electron chi connectivity index (χ3n) is 4.23. The largest absolute Gasteiger partial charge is 0.449 e. The highest BCUT2D eigenvalue weighted by atomic mass is 32.1. The van der Waals surface area contributed by atoms with Crippen LogP contribution >= 0.6 is 11.3 Å². The van der Waals surface area contributed by atoms with E-state index in [1.807, 2.05) is 54.8 Å². The molecule has 0 aliphatic carbocycles. The maximum atomic E-state index is 13.1. The summed E-state index contributed by atoms with van der Waals surface area (Å²) in [6.07, 6.45) is 1.79. The van der Waals surface area contributed by atoms with Crippen LogP contribution in [0.25, 0.3) is 6.08 Å². The molecule has 4 rings (SSSR count). The first-order valence-electron chi connectivity index (χ1n) is 8.30. The lowest BCUT2D eigenvalue weighted by atomic mass is 10.1. The van der Waals surface area contributed by atoms with E-state index in [0.717, 1.165) is 10.4 Å². The van der Waals surface area contributed by atoms with Crippen LogP contribution < -0.4 is 15.4 Å². The van der Waals surface area contributed by atoms with Gasteiger partial charge in [0.15, 0.2) is 11.5 Å². The molecule has 0 bridgehead atoms. The lowest BCUT2D eigenvalue weighted by molar-refractivity contribution is -0.117. The Morgan fingerprint density at radius 2 is 1.96 bits per heavy atom. The highest BCUT2D eigenvalue weighted by Gasteiger charge is 2.30. The molecule has 2 heterocycles. The van der Waals surface area contributed by atoms with Crippen molar-refractivity contribution in [2.24, 2.45) is 0 Å². The SMILES string of the molecule is Cc1ccc(CN2C(=O)/C(=C\c3cccs3)Oc3ccc(N)cc32)cc1. The van der Waals surface area contributed by atoms with E-state index in [1.54, 1.807) is 34.4 Å². The number of nitrogens with two attached hydrogens (primary N) is 1. The molecule has 1 aliphatic heterocycles. The Hall–Kier alpha value is -3.05. The molecule has 1 amide bonds. The third-order valence-corrected chi connectivity index (χ3v) is 5.05. The highest BCUT2D eigenvalue weighted by Crippen LogP contribution is 2.38. The van der Waals surface area contributed by atoms with Gasteiger partial charge < -0.3 is 10.5 Å². The van der Waals surface area contributed by atoms with Crippen LogP contribution in [0.3, 0.4) is 0 Å². The number of hydrogen-bond donors (Lipinski definition) is 1. The van der Waals surface area contributed by atoms with Gasteiger partial charge in [0, 0.05) is 16.6 Å². The number of amides is 1. The first-order chi connectivity index (χ1) is 12.6. The van der Waals surface area contributed by atoms with Gasteiger partial charge in [-0.1, -0.05) is 35.9 Å². The van der Waals surface area contributed by atoms with Gasteiger partial charge in [-0.05, 0) is 42.1 Å². The van der Waals surface area contributed by atoms with Gasteiger partial charge in [-0.15, -0.1) is 11.3 Å². The lowest BCUT2D eigenvalue weighted by Crippen LogP contribution is -2.36. The van der Waals surface area contributed by atoms with Gasteiger partial charge in [-0.25, -0.2) is 0 Å². The molecule has 0 radical (unpaired) electrons. The van der Waals surface area contributed by atoms with Gasteiger partial charge in [0.2, 0.25) is 0 Å². The maximum Gasteiger partial charge on any atom is 0.294 e. The monoisotopic (exact) mass is 362 g/mol. The van der Waals surface area contributed by atoms with Crippen LogP contribution in [0.1, 0.15) is 16.0 Å². The second-order valence-corrected chi connectivity index (χ2v) is 7.21. The Kier molecular flexibility index (Phi) is 4.22. The minimum absolute atomic E-state index is 0.169. The van der Waals surface area contributed by atoms with Gasteiger partial charge in [0.1, 0.15) is 0 Å². The molecule has 0 saturated carbocycles. The molecule has 0 spiro atoms. The normalized spacial score (nSPS) is 15.0. The van der Waals surface area contributed by atoms with Crippen molar-refractivity contribution < 1.29 is 9.53 Å². The third kappa shape index (κ3) is 3.21. The predicted octanol–water partition coefficient (Wildman–Crippen LogP) is 4.61. The molecule has 3 aromatic rings. The zero-order chi connectivity index (χ0) is 18.1. The number of rotatable bonds is 3. The van der Waals surface area contributed by atoms with E-state index in [1.165, 1.54) is 5.56 Å². The van der Waals surface area contributed by atoms with Crippen molar-refractivity contribution in [1.29, 1.82) is 0 Å². The van der Waals surface area contributed by atoms with Crippen molar-refractivity contribution >= 4 is 34.7 Å². The summed E-state index contributed by atoms with van der Waals surface area (Å²) in [6, 6.07) is 17.4. The lowest BCUT2D eigenvalue weighted by Gasteiger charge is -2.31. The van der Waals surface area contributed by atoms with Gasteiger partial charge in [-0.3, -0.25) is 9.69 Å². The zero-order valence-electron chi connectivity index (χ0n) is 14.3. The number of hydrogen-bond acceptors (Lipinski definition) is 4. The van der Waals surface area contributed by atoms with E-state index >= 15 is 0 Å². The van der Waals surface area contributed by atoms with Crippen LogP contribution in [-0.2, 0) is 11.3 Å². The van der Waals surface area contributed by atoms with E-state index in [-0.39, 0.29) is 5.91 Å². The summed E-state index contributed by atoms with van der Waals surface area (Å²) < 4.78 is 5.88. The van der Waals surface area contributed by atoms with E-state index in [0.29, 0.717) is 29.4 Å². The number of fused-ring (bicyclic) bond motifs is 1.